The molecular formula is C16H14F2N2OS. The first kappa shape index (κ1) is 14.9. The highest BCUT2D eigenvalue weighted by molar-refractivity contribution is 7.16. The van der Waals surface area contributed by atoms with Gasteiger partial charge in [-0.3, -0.25) is 4.79 Å². The number of fused-ring (bicyclic) bond motifs is 1. The molecule has 0 aliphatic heterocycles. The van der Waals surface area contributed by atoms with Gasteiger partial charge >= 0.3 is 0 Å². The minimum atomic E-state index is -0.698. The largest absolute Gasteiger partial charge is 0.302 e. The van der Waals surface area contributed by atoms with E-state index in [1.165, 1.54) is 10.6 Å². The zero-order chi connectivity index (χ0) is 15.7. The van der Waals surface area contributed by atoms with Gasteiger partial charge in [-0.1, -0.05) is 30.1 Å². The van der Waals surface area contributed by atoms with E-state index in [1.807, 2.05) is 0 Å². The number of benzene rings is 1. The van der Waals surface area contributed by atoms with Gasteiger partial charge in [0.05, 0.1) is 16.8 Å². The number of carbonyl (C=O) groups is 1. The summed E-state index contributed by atoms with van der Waals surface area (Å²) in [6, 6.07) is 2.04. The number of hydrogen-bond donors (Lipinski definition) is 0. The van der Waals surface area contributed by atoms with Crippen LogP contribution in [0.1, 0.15) is 25.7 Å². The summed E-state index contributed by atoms with van der Waals surface area (Å²) in [5.41, 5.74) is 0.197. The Labute approximate surface area is 130 Å². The number of terminal acetylenes is 1. The van der Waals surface area contributed by atoms with Crippen molar-refractivity contribution in [1.82, 2.24) is 4.57 Å². The number of carbonyl (C=O) groups excluding carboxylic acids is 1. The third-order valence-electron chi connectivity index (χ3n) is 3.85. The predicted molar refractivity (Wildman–Crippen MR) is 81.1 cm³/mol. The summed E-state index contributed by atoms with van der Waals surface area (Å²) >= 11 is 1.08. The van der Waals surface area contributed by atoms with Gasteiger partial charge in [0.2, 0.25) is 0 Å². The van der Waals surface area contributed by atoms with E-state index in [2.05, 4.69) is 10.9 Å². The van der Waals surface area contributed by atoms with Gasteiger partial charge in [0.25, 0.3) is 5.91 Å². The van der Waals surface area contributed by atoms with E-state index in [0.29, 0.717) is 9.50 Å². The first-order valence-electron chi connectivity index (χ1n) is 7.10. The molecule has 1 fully saturated rings. The molecule has 114 valence electrons. The van der Waals surface area contributed by atoms with E-state index in [-0.39, 0.29) is 23.9 Å². The highest BCUT2D eigenvalue weighted by atomic mass is 32.1. The summed E-state index contributed by atoms with van der Waals surface area (Å²) in [5.74, 6) is 0.806. The van der Waals surface area contributed by atoms with Crippen molar-refractivity contribution in [3.63, 3.8) is 0 Å². The van der Waals surface area contributed by atoms with E-state index >= 15 is 0 Å². The zero-order valence-corrected chi connectivity index (χ0v) is 12.6. The van der Waals surface area contributed by atoms with Crippen LogP contribution in [0.15, 0.2) is 17.1 Å². The molecule has 3 rings (SSSR count). The van der Waals surface area contributed by atoms with Gasteiger partial charge in [-0.15, -0.1) is 6.42 Å². The summed E-state index contributed by atoms with van der Waals surface area (Å²) in [6.07, 6.45) is 9.06. The fourth-order valence-electron chi connectivity index (χ4n) is 2.81. The molecule has 0 N–H and O–H groups in total. The number of nitrogens with zero attached hydrogens (tertiary/aromatic N) is 2. The lowest BCUT2D eigenvalue weighted by Gasteiger charge is -2.03. The van der Waals surface area contributed by atoms with Crippen LogP contribution in [0.4, 0.5) is 8.78 Å². The maximum atomic E-state index is 14.0. The molecule has 6 heteroatoms. The third kappa shape index (κ3) is 2.69. The highest BCUT2D eigenvalue weighted by Crippen LogP contribution is 2.26. The maximum absolute atomic E-state index is 14.0. The summed E-state index contributed by atoms with van der Waals surface area (Å²) in [7, 11) is 0. The first-order chi connectivity index (χ1) is 10.6. The average molecular weight is 320 g/mol. The monoisotopic (exact) mass is 320 g/mol. The molecule has 1 aromatic heterocycles. The minimum Gasteiger partial charge on any atom is -0.302 e. The van der Waals surface area contributed by atoms with E-state index in [4.69, 9.17) is 6.42 Å². The molecule has 1 aromatic carbocycles. The first-order valence-corrected chi connectivity index (χ1v) is 7.92. The van der Waals surface area contributed by atoms with Gasteiger partial charge < -0.3 is 4.57 Å². The van der Waals surface area contributed by atoms with Crippen molar-refractivity contribution >= 4 is 27.5 Å². The lowest BCUT2D eigenvalue weighted by atomic mass is 10.1. The number of thiazole rings is 1. The predicted octanol–water partition coefficient (Wildman–Crippen LogP) is 3.23. The van der Waals surface area contributed by atoms with Crippen molar-refractivity contribution in [2.24, 2.45) is 10.9 Å². The highest BCUT2D eigenvalue weighted by Gasteiger charge is 2.23. The van der Waals surface area contributed by atoms with Crippen LogP contribution in [0.5, 0.6) is 0 Å². The van der Waals surface area contributed by atoms with Crippen LogP contribution in [-0.2, 0) is 11.3 Å². The van der Waals surface area contributed by atoms with Gasteiger partial charge in [-0.25, -0.2) is 8.78 Å². The molecule has 0 bridgehead atoms. The molecular weight excluding hydrogens is 306 g/mol. The Kier molecular flexibility index (Phi) is 4.08. The van der Waals surface area contributed by atoms with Crippen LogP contribution in [-0.4, -0.2) is 10.5 Å². The van der Waals surface area contributed by atoms with Gasteiger partial charge in [0, 0.05) is 12.0 Å². The molecule has 0 atom stereocenters. The fraction of sp³-hybridized carbons (Fsp3) is 0.375. The van der Waals surface area contributed by atoms with Crippen molar-refractivity contribution < 1.29 is 13.6 Å². The fourth-order valence-corrected chi connectivity index (χ4v) is 3.88. The lowest BCUT2D eigenvalue weighted by Crippen LogP contribution is -2.19. The molecule has 0 unspecified atom stereocenters. The lowest BCUT2D eigenvalue weighted by molar-refractivity contribution is -0.121. The van der Waals surface area contributed by atoms with Gasteiger partial charge in [0.1, 0.15) is 5.82 Å². The molecule has 1 saturated carbocycles. The molecule has 22 heavy (non-hydrogen) atoms. The zero-order valence-electron chi connectivity index (χ0n) is 11.8. The number of rotatable bonds is 2. The number of amides is 1. The van der Waals surface area contributed by atoms with Crippen molar-refractivity contribution in [3.8, 4) is 12.3 Å². The number of hydrogen-bond acceptors (Lipinski definition) is 2. The Hall–Kier alpha value is -2.00. The van der Waals surface area contributed by atoms with Gasteiger partial charge in [-0.2, -0.15) is 4.99 Å². The van der Waals surface area contributed by atoms with E-state index in [9.17, 15) is 13.6 Å². The minimum absolute atomic E-state index is 0.0638. The number of halogens is 2. The average Bonchev–Trinajstić information content (AvgIpc) is 3.08. The van der Waals surface area contributed by atoms with E-state index in [1.54, 1.807) is 0 Å². The van der Waals surface area contributed by atoms with Gasteiger partial charge in [0.15, 0.2) is 10.6 Å². The van der Waals surface area contributed by atoms with E-state index in [0.717, 1.165) is 43.1 Å². The summed E-state index contributed by atoms with van der Waals surface area (Å²) in [6.45, 7) is 0.0827. The van der Waals surface area contributed by atoms with Gasteiger partial charge in [-0.05, 0) is 18.9 Å². The normalized spacial score (nSPS) is 16.3. The maximum Gasteiger partial charge on any atom is 0.251 e. The molecule has 1 aliphatic carbocycles. The van der Waals surface area contributed by atoms with Crippen molar-refractivity contribution in [1.29, 1.82) is 0 Å². The summed E-state index contributed by atoms with van der Waals surface area (Å²) in [5, 5.41) is 0. The standard InChI is InChI=1S/C16H14F2N2OS/c1-2-7-20-14-12(18)8-11(17)9-13(14)22-16(20)19-15(21)10-5-3-4-6-10/h1,8-10H,3-7H2. The van der Waals surface area contributed by atoms with Crippen molar-refractivity contribution in [2.75, 3.05) is 0 Å². The second-order valence-electron chi connectivity index (χ2n) is 5.34. The number of aromatic nitrogens is 1. The van der Waals surface area contributed by atoms with Crippen molar-refractivity contribution in [2.45, 2.75) is 32.2 Å². The Morgan fingerprint density at radius 3 is 2.82 bits per heavy atom. The second kappa shape index (κ2) is 6.01. The van der Waals surface area contributed by atoms with Crippen LogP contribution < -0.4 is 4.80 Å². The second-order valence-corrected chi connectivity index (χ2v) is 6.35. The SMILES string of the molecule is C#CCn1c(=NC(=O)C2CCCC2)sc2cc(F)cc(F)c21. The molecule has 0 spiro atoms. The molecule has 1 amide bonds. The summed E-state index contributed by atoms with van der Waals surface area (Å²) < 4.78 is 29.2. The van der Waals surface area contributed by atoms with Crippen LogP contribution in [0.2, 0.25) is 0 Å². The smallest absolute Gasteiger partial charge is 0.251 e. The Bertz CT molecular complexity index is 838. The van der Waals surface area contributed by atoms with Crippen LogP contribution in [0.3, 0.4) is 0 Å². The molecule has 0 radical (unpaired) electrons. The van der Waals surface area contributed by atoms with Crippen LogP contribution >= 0.6 is 11.3 Å². The Morgan fingerprint density at radius 1 is 1.41 bits per heavy atom. The molecule has 0 saturated heterocycles. The molecule has 1 aliphatic rings. The molecule has 2 aromatic rings. The quantitative estimate of drug-likeness (QED) is 0.782. The topological polar surface area (TPSA) is 34.4 Å². The molecule has 1 heterocycles. The Balaban J connectivity index is 2.16. The summed E-state index contributed by atoms with van der Waals surface area (Å²) in [4.78, 5) is 16.7. The van der Waals surface area contributed by atoms with Crippen LogP contribution in [0, 0.1) is 29.9 Å². The molecule has 3 nitrogen and oxygen atoms in total. The van der Waals surface area contributed by atoms with E-state index < -0.39 is 11.6 Å². The van der Waals surface area contributed by atoms with Crippen molar-refractivity contribution in [3.05, 3.63) is 28.6 Å². The van der Waals surface area contributed by atoms with Crippen LogP contribution in [0.25, 0.3) is 10.2 Å². The Morgan fingerprint density at radius 2 is 2.14 bits per heavy atom. The third-order valence-corrected chi connectivity index (χ3v) is 4.88.